The lowest BCUT2D eigenvalue weighted by Gasteiger charge is -2.34. The third kappa shape index (κ3) is 5.67. The van der Waals surface area contributed by atoms with E-state index in [-0.39, 0.29) is 11.7 Å². The molecule has 4 nitrogen and oxygen atoms in total. The van der Waals surface area contributed by atoms with Crippen molar-refractivity contribution in [1.82, 2.24) is 9.80 Å². The topological polar surface area (TPSA) is 32.8 Å². The van der Waals surface area contributed by atoms with Gasteiger partial charge in [0.2, 0.25) is 0 Å². The number of ether oxygens (including phenoxy) is 1. The first-order valence-corrected chi connectivity index (χ1v) is 8.56. The Bertz CT molecular complexity index is 626. The van der Waals surface area contributed by atoms with Crippen molar-refractivity contribution in [1.29, 1.82) is 0 Å². The summed E-state index contributed by atoms with van der Waals surface area (Å²) in [5.41, 5.74) is 0.370. The first-order valence-electron chi connectivity index (χ1n) is 8.56. The van der Waals surface area contributed by atoms with Gasteiger partial charge in [0.15, 0.2) is 11.6 Å². The molecule has 0 unspecified atom stereocenters. The number of nitrogens with zero attached hydrogens (tertiary/aromatic N) is 2. The molecule has 1 aliphatic heterocycles. The number of rotatable bonds is 6. The second kappa shape index (κ2) is 8.35. The Balaban J connectivity index is 2.22. The molecule has 1 aromatic rings. The summed E-state index contributed by atoms with van der Waals surface area (Å²) in [6, 6.07) is 3.25. The largest absolute Gasteiger partial charge is 0.573 e. The van der Waals surface area contributed by atoms with Crippen LogP contribution in [-0.2, 0) is 4.79 Å². The van der Waals surface area contributed by atoms with Crippen LogP contribution >= 0.6 is 0 Å². The zero-order chi connectivity index (χ0) is 19.5. The van der Waals surface area contributed by atoms with E-state index < -0.39 is 23.8 Å². The molecule has 1 aliphatic rings. The van der Waals surface area contributed by atoms with E-state index >= 15 is 0 Å². The van der Waals surface area contributed by atoms with Crippen LogP contribution in [0.5, 0.6) is 5.75 Å². The average molecular weight is 376 g/mol. The van der Waals surface area contributed by atoms with Crippen molar-refractivity contribution >= 4 is 5.78 Å². The van der Waals surface area contributed by atoms with Crippen LogP contribution < -0.4 is 4.74 Å². The van der Waals surface area contributed by atoms with Crippen molar-refractivity contribution in [3.8, 4) is 5.75 Å². The molecule has 0 spiro atoms. The van der Waals surface area contributed by atoms with Gasteiger partial charge in [0.1, 0.15) is 5.78 Å². The summed E-state index contributed by atoms with van der Waals surface area (Å²) in [5, 5.41) is 0. The van der Waals surface area contributed by atoms with Crippen molar-refractivity contribution in [2.75, 3.05) is 39.8 Å². The molecule has 0 saturated carbocycles. The first-order chi connectivity index (χ1) is 12.1. The minimum Gasteiger partial charge on any atom is -0.403 e. The molecule has 1 heterocycles. The number of hydrogen-bond donors (Lipinski definition) is 0. The van der Waals surface area contributed by atoms with Crippen LogP contribution in [0.4, 0.5) is 17.6 Å². The second-order valence-electron chi connectivity index (χ2n) is 6.95. The van der Waals surface area contributed by atoms with E-state index in [0.717, 1.165) is 38.3 Å². The van der Waals surface area contributed by atoms with Crippen LogP contribution in [-0.4, -0.2) is 61.7 Å². The number of carbonyl (C=O) groups is 1. The summed E-state index contributed by atoms with van der Waals surface area (Å²) < 4.78 is 54.6. The zero-order valence-electron chi connectivity index (χ0n) is 15.1. The van der Waals surface area contributed by atoms with Gasteiger partial charge in [-0.3, -0.25) is 9.69 Å². The average Bonchev–Trinajstić information content (AvgIpc) is 2.54. The van der Waals surface area contributed by atoms with Crippen LogP contribution in [0.1, 0.15) is 25.3 Å². The van der Waals surface area contributed by atoms with Gasteiger partial charge in [0.05, 0.1) is 5.92 Å². The van der Waals surface area contributed by atoms with Gasteiger partial charge in [-0.2, -0.15) is 0 Å². The van der Waals surface area contributed by atoms with Crippen LogP contribution in [0.15, 0.2) is 18.2 Å². The van der Waals surface area contributed by atoms with Crippen molar-refractivity contribution in [3.63, 3.8) is 0 Å². The van der Waals surface area contributed by atoms with Gasteiger partial charge < -0.3 is 9.64 Å². The second-order valence-corrected chi connectivity index (χ2v) is 6.95. The van der Waals surface area contributed by atoms with E-state index in [1.165, 1.54) is 6.07 Å². The highest BCUT2D eigenvalue weighted by atomic mass is 19.4. The molecule has 26 heavy (non-hydrogen) atoms. The fraction of sp³-hybridized carbons (Fsp3) is 0.611. The molecule has 1 saturated heterocycles. The van der Waals surface area contributed by atoms with E-state index in [1.54, 1.807) is 13.8 Å². The van der Waals surface area contributed by atoms with Crippen molar-refractivity contribution in [3.05, 3.63) is 29.6 Å². The normalized spacial score (nSPS) is 18.2. The Morgan fingerprint density at radius 1 is 1.19 bits per heavy atom. The molecular formula is C18H24F4N2O2. The van der Waals surface area contributed by atoms with Gasteiger partial charge in [-0.25, -0.2) is 4.39 Å². The molecule has 1 atom stereocenters. The molecule has 0 N–H and O–H groups in total. The summed E-state index contributed by atoms with van der Waals surface area (Å²) in [6.07, 6.45) is -4.96. The van der Waals surface area contributed by atoms with Crippen LogP contribution in [0.3, 0.4) is 0 Å². The molecule has 0 bridgehead atoms. The fourth-order valence-corrected chi connectivity index (χ4v) is 2.99. The third-order valence-corrected chi connectivity index (χ3v) is 4.53. The Morgan fingerprint density at radius 2 is 1.81 bits per heavy atom. The Kier molecular flexibility index (Phi) is 6.63. The molecular weight excluding hydrogens is 352 g/mol. The van der Waals surface area contributed by atoms with Gasteiger partial charge in [0.25, 0.3) is 0 Å². The summed E-state index contributed by atoms with van der Waals surface area (Å²) >= 11 is 0. The van der Waals surface area contributed by atoms with Gasteiger partial charge in [-0.15, -0.1) is 13.2 Å². The Morgan fingerprint density at radius 3 is 2.31 bits per heavy atom. The maximum atomic E-state index is 14.1. The SMILES string of the molecule is CC(C)C(=O)[C@H](CN1CCN(C)CC1)c1ccc(OC(F)(F)F)c(F)c1. The van der Waals surface area contributed by atoms with E-state index in [9.17, 15) is 22.4 Å². The molecule has 0 radical (unpaired) electrons. The molecule has 0 aromatic heterocycles. The number of Topliss-reactive ketones (excluding diaryl/α,β-unsaturated/α-hetero) is 1. The van der Waals surface area contributed by atoms with Gasteiger partial charge in [-0.05, 0) is 24.7 Å². The van der Waals surface area contributed by atoms with Crippen molar-refractivity contribution in [2.24, 2.45) is 5.92 Å². The molecule has 1 fully saturated rings. The van der Waals surface area contributed by atoms with Gasteiger partial charge in [0, 0.05) is 38.6 Å². The molecule has 2 rings (SSSR count). The van der Waals surface area contributed by atoms with E-state index in [1.807, 2.05) is 7.05 Å². The molecule has 1 aromatic carbocycles. The molecule has 0 amide bonds. The lowest BCUT2D eigenvalue weighted by molar-refractivity contribution is -0.275. The number of alkyl halides is 3. The number of carbonyl (C=O) groups excluding carboxylic acids is 1. The fourth-order valence-electron chi connectivity index (χ4n) is 2.99. The zero-order valence-corrected chi connectivity index (χ0v) is 15.1. The van der Waals surface area contributed by atoms with Crippen LogP contribution in [0.25, 0.3) is 0 Å². The number of halogens is 4. The maximum Gasteiger partial charge on any atom is 0.573 e. The lowest BCUT2D eigenvalue weighted by Crippen LogP contribution is -2.46. The number of ketones is 1. The minimum absolute atomic E-state index is 0.0622. The van der Waals surface area contributed by atoms with Crippen molar-refractivity contribution < 1.29 is 27.1 Å². The highest BCUT2D eigenvalue weighted by Crippen LogP contribution is 2.30. The van der Waals surface area contributed by atoms with Crippen LogP contribution in [0.2, 0.25) is 0 Å². The monoisotopic (exact) mass is 376 g/mol. The van der Waals surface area contributed by atoms with Gasteiger partial charge >= 0.3 is 6.36 Å². The number of likely N-dealkylation sites (N-methyl/N-ethyl adjacent to an activating group) is 1. The molecule has 8 heteroatoms. The third-order valence-electron chi connectivity index (χ3n) is 4.53. The predicted molar refractivity (Wildman–Crippen MR) is 89.6 cm³/mol. The van der Waals surface area contributed by atoms with Gasteiger partial charge in [-0.1, -0.05) is 19.9 Å². The Hall–Kier alpha value is -1.67. The highest BCUT2D eigenvalue weighted by molar-refractivity contribution is 5.87. The molecule has 146 valence electrons. The predicted octanol–water partition coefficient (Wildman–Crippen LogP) is 3.28. The summed E-state index contributed by atoms with van der Waals surface area (Å²) in [7, 11) is 2.02. The summed E-state index contributed by atoms with van der Waals surface area (Å²) in [5.74, 6) is -2.93. The van der Waals surface area contributed by atoms with Crippen molar-refractivity contribution in [2.45, 2.75) is 26.1 Å². The summed E-state index contributed by atoms with van der Waals surface area (Å²) in [6.45, 7) is 7.26. The van der Waals surface area contributed by atoms with Crippen LogP contribution in [0, 0.1) is 11.7 Å². The van der Waals surface area contributed by atoms with E-state index in [0.29, 0.717) is 12.1 Å². The standard InChI is InChI=1S/C18H24F4N2O2/c1-12(2)17(25)14(11-24-8-6-23(3)7-9-24)13-4-5-16(15(19)10-13)26-18(20,21)22/h4-5,10,12,14H,6-9,11H2,1-3H3/t14-/m1/s1. The Labute approximate surface area is 150 Å². The molecule has 0 aliphatic carbocycles. The van der Waals surface area contributed by atoms with E-state index in [4.69, 9.17) is 0 Å². The highest BCUT2D eigenvalue weighted by Gasteiger charge is 2.33. The smallest absolute Gasteiger partial charge is 0.403 e. The number of hydrogen-bond acceptors (Lipinski definition) is 4. The lowest BCUT2D eigenvalue weighted by atomic mass is 9.88. The number of benzene rings is 1. The quantitative estimate of drug-likeness (QED) is 0.714. The number of piperazine rings is 1. The summed E-state index contributed by atoms with van der Waals surface area (Å²) in [4.78, 5) is 16.9. The van der Waals surface area contributed by atoms with E-state index in [2.05, 4.69) is 14.5 Å². The first kappa shape index (κ1) is 20.6. The minimum atomic E-state index is -4.96. The maximum absolute atomic E-state index is 14.1.